The number of ether oxygens (including phenoxy) is 1. The molecule has 0 aliphatic carbocycles. The van der Waals surface area contributed by atoms with Crippen LogP contribution in [0.1, 0.15) is 42.0 Å². The van der Waals surface area contributed by atoms with Crippen molar-refractivity contribution >= 4 is 23.6 Å². The number of aromatic nitrogens is 2. The van der Waals surface area contributed by atoms with Crippen molar-refractivity contribution in [2.24, 2.45) is 5.73 Å². The predicted molar refractivity (Wildman–Crippen MR) is 136 cm³/mol. The van der Waals surface area contributed by atoms with E-state index in [1.54, 1.807) is 6.20 Å². The molecule has 0 radical (unpaired) electrons. The molecule has 1 atom stereocenters. The SMILES string of the molecule is Cc1cnc(Nc2ccc(OC3CCN(C(=O)O)CC3)cc2)nc1C(CC(N)=O)Cc1ccccc1. The molecule has 1 saturated heterocycles. The fourth-order valence-electron chi connectivity index (χ4n) is 4.44. The maximum Gasteiger partial charge on any atom is 0.407 e. The Morgan fingerprint density at radius 2 is 1.83 bits per heavy atom. The molecule has 2 amide bonds. The van der Waals surface area contributed by atoms with Crippen LogP contribution in [0.25, 0.3) is 0 Å². The van der Waals surface area contributed by atoms with Crippen LogP contribution in [0.3, 0.4) is 0 Å². The molecule has 9 nitrogen and oxygen atoms in total. The van der Waals surface area contributed by atoms with Gasteiger partial charge in [0.15, 0.2) is 0 Å². The molecule has 4 N–H and O–H groups in total. The Morgan fingerprint density at radius 3 is 2.47 bits per heavy atom. The number of aryl methyl sites for hydroxylation is 1. The number of nitrogens with one attached hydrogen (secondary N) is 1. The number of likely N-dealkylation sites (tertiary alicyclic amines) is 1. The van der Waals surface area contributed by atoms with Crippen LogP contribution in [0.5, 0.6) is 5.75 Å². The standard InChI is InChI=1S/C27H31N5O4/c1-18-17-29-26(31-25(18)20(16-24(28)33)15-19-5-3-2-4-6-19)30-21-7-9-22(10-8-21)36-23-11-13-32(14-12-23)27(34)35/h2-10,17,20,23H,11-16H2,1H3,(H2,28,33)(H,34,35)(H,29,30,31). The number of amides is 2. The van der Waals surface area contributed by atoms with E-state index in [2.05, 4.69) is 10.3 Å². The van der Waals surface area contributed by atoms with Crippen LogP contribution in [0.15, 0.2) is 60.8 Å². The maximum atomic E-state index is 11.8. The van der Waals surface area contributed by atoms with Crippen LogP contribution >= 0.6 is 0 Å². The lowest BCUT2D eigenvalue weighted by atomic mass is 9.90. The summed E-state index contributed by atoms with van der Waals surface area (Å²) in [4.78, 5) is 33.4. The minimum absolute atomic E-state index is 0.00537. The molecule has 4 rings (SSSR count). The average molecular weight is 490 g/mol. The van der Waals surface area contributed by atoms with Crippen LogP contribution < -0.4 is 15.8 Å². The van der Waals surface area contributed by atoms with Gasteiger partial charge in [0.05, 0.1) is 5.69 Å². The monoisotopic (exact) mass is 489 g/mol. The quantitative estimate of drug-likeness (QED) is 0.409. The van der Waals surface area contributed by atoms with E-state index < -0.39 is 6.09 Å². The molecular weight excluding hydrogens is 458 g/mol. The summed E-state index contributed by atoms with van der Waals surface area (Å²) in [6.45, 7) is 2.90. The third-order valence-corrected chi connectivity index (χ3v) is 6.30. The zero-order valence-corrected chi connectivity index (χ0v) is 20.3. The second-order valence-corrected chi connectivity index (χ2v) is 9.06. The van der Waals surface area contributed by atoms with Crippen molar-refractivity contribution < 1.29 is 19.4 Å². The van der Waals surface area contributed by atoms with E-state index in [1.165, 1.54) is 4.90 Å². The predicted octanol–water partition coefficient (Wildman–Crippen LogP) is 4.25. The fraction of sp³-hybridized carbons (Fsp3) is 0.333. The molecule has 0 saturated carbocycles. The molecule has 3 aromatic rings. The number of nitrogens with zero attached hydrogens (tertiary/aromatic N) is 3. The van der Waals surface area contributed by atoms with E-state index in [9.17, 15) is 9.59 Å². The number of carboxylic acid groups (broad SMARTS) is 1. The van der Waals surface area contributed by atoms with E-state index in [0.717, 1.165) is 28.3 Å². The van der Waals surface area contributed by atoms with Crippen LogP contribution in [0.2, 0.25) is 0 Å². The molecule has 1 aliphatic rings. The Morgan fingerprint density at radius 1 is 1.14 bits per heavy atom. The molecule has 2 heterocycles. The van der Waals surface area contributed by atoms with Crippen molar-refractivity contribution in [3.05, 3.63) is 77.6 Å². The highest BCUT2D eigenvalue weighted by atomic mass is 16.5. The van der Waals surface area contributed by atoms with Gasteiger partial charge >= 0.3 is 6.09 Å². The Labute approximate surface area is 210 Å². The van der Waals surface area contributed by atoms with Gasteiger partial charge in [-0.15, -0.1) is 0 Å². The van der Waals surface area contributed by atoms with Crippen LogP contribution in [0, 0.1) is 6.92 Å². The fourth-order valence-corrected chi connectivity index (χ4v) is 4.44. The van der Waals surface area contributed by atoms with Gasteiger partial charge in [-0.2, -0.15) is 0 Å². The third kappa shape index (κ3) is 6.71. The molecule has 2 aromatic carbocycles. The Kier molecular flexibility index (Phi) is 7.99. The first-order valence-corrected chi connectivity index (χ1v) is 12.0. The number of carbonyl (C=O) groups is 2. The Bertz CT molecular complexity index is 1180. The summed E-state index contributed by atoms with van der Waals surface area (Å²) < 4.78 is 6.03. The molecule has 0 bridgehead atoms. The minimum Gasteiger partial charge on any atom is -0.490 e. The molecule has 1 unspecified atom stereocenters. The van der Waals surface area contributed by atoms with Crippen molar-refractivity contribution in [3.63, 3.8) is 0 Å². The van der Waals surface area contributed by atoms with Gasteiger partial charge in [-0.3, -0.25) is 4.79 Å². The number of piperidine rings is 1. The van der Waals surface area contributed by atoms with Gasteiger partial charge in [0.2, 0.25) is 11.9 Å². The number of hydrogen-bond acceptors (Lipinski definition) is 6. The van der Waals surface area contributed by atoms with Crippen LogP contribution in [-0.2, 0) is 11.2 Å². The number of rotatable bonds is 9. The molecule has 188 valence electrons. The number of nitrogens with two attached hydrogens (primary N) is 1. The molecule has 36 heavy (non-hydrogen) atoms. The summed E-state index contributed by atoms with van der Waals surface area (Å²) in [6, 6.07) is 17.5. The summed E-state index contributed by atoms with van der Waals surface area (Å²) in [5, 5.41) is 12.3. The first kappa shape index (κ1) is 25.0. The number of hydrogen-bond donors (Lipinski definition) is 3. The number of primary amides is 1. The average Bonchev–Trinajstić information content (AvgIpc) is 2.87. The highest BCUT2D eigenvalue weighted by molar-refractivity contribution is 5.75. The summed E-state index contributed by atoms with van der Waals surface area (Å²) in [6.07, 6.45) is 3.05. The van der Waals surface area contributed by atoms with Gasteiger partial charge in [-0.25, -0.2) is 14.8 Å². The van der Waals surface area contributed by atoms with Crippen LogP contribution in [-0.4, -0.2) is 51.2 Å². The summed E-state index contributed by atoms with van der Waals surface area (Å²) >= 11 is 0. The van der Waals surface area contributed by atoms with Crippen molar-refractivity contribution in [1.82, 2.24) is 14.9 Å². The number of benzene rings is 2. The smallest absolute Gasteiger partial charge is 0.407 e. The topological polar surface area (TPSA) is 131 Å². The van der Waals surface area contributed by atoms with Crippen molar-refractivity contribution in [2.75, 3.05) is 18.4 Å². The van der Waals surface area contributed by atoms with Gasteiger partial charge in [0, 0.05) is 50.2 Å². The zero-order valence-electron chi connectivity index (χ0n) is 20.3. The molecule has 9 heteroatoms. The molecule has 1 fully saturated rings. The highest BCUT2D eigenvalue weighted by Crippen LogP contribution is 2.27. The second kappa shape index (κ2) is 11.5. The first-order valence-electron chi connectivity index (χ1n) is 12.0. The second-order valence-electron chi connectivity index (χ2n) is 9.06. The minimum atomic E-state index is -0.883. The number of anilines is 2. The summed E-state index contributed by atoms with van der Waals surface area (Å²) in [7, 11) is 0. The zero-order chi connectivity index (χ0) is 25.5. The first-order chi connectivity index (χ1) is 17.4. The molecule has 1 aliphatic heterocycles. The molecular formula is C27H31N5O4. The molecule has 0 spiro atoms. The van der Waals surface area contributed by atoms with E-state index in [1.807, 2.05) is 61.5 Å². The largest absolute Gasteiger partial charge is 0.490 e. The lowest BCUT2D eigenvalue weighted by Gasteiger charge is -2.30. The van der Waals surface area contributed by atoms with E-state index in [-0.39, 0.29) is 24.3 Å². The van der Waals surface area contributed by atoms with E-state index >= 15 is 0 Å². The third-order valence-electron chi connectivity index (χ3n) is 6.30. The van der Waals surface area contributed by atoms with Gasteiger partial charge in [0.1, 0.15) is 11.9 Å². The van der Waals surface area contributed by atoms with Crippen molar-refractivity contribution in [1.29, 1.82) is 0 Å². The Balaban J connectivity index is 1.42. The number of carbonyl (C=O) groups excluding carboxylic acids is 1. The maximum absolute atomic E-state index is 11.8. The normalized spacial score (nSPS) is 14.8. The van der Waals surface area contributed by atoms with Crippen molar-refractivity contribution in [3.8, 4) is 5.75 Å². The summed E-state index contributed by atoms with van der Waals surface area (Å²) in [5.41, 5.74) is 9.17. The van der Waals surface area contributed by atoms with Gasteiger partial charge in [0.25, 0.3) is 0 Å². The lowest BCUT2D eigenvalue weighted by Crippen LogP contribution is -2.41. The summed E-state index contributed by atoms with van der Waals surface area (Å²) in [5.74, 6) is 0.640. The van der Waals surface area contributed by atoms with E-state index in [0.29, 0.717) is 38.3 Å². The van der Waals surface area contributed by atoms with Gasteiger partial charge in [-0.1, -0.05) is 30.3 Å². The lowest BCUT2D eigenvalue weighted by molar-refractivity contribution is -0.118. The highest BCUT2D eigenvalue weighted by Gasteiger charge is 2.23. The Hall–Kier alpha value is -4.14. The van der Waals surface area contributed by atoms with Gasteiger partial charge in [-0.05, 0) is 48.7 Å². The van der Waals surface area contributed by atoms with Gasteiger partial charge < -0.3 is 25.8 Å². The molecule has 1 aromatic heterocycles. The van der Waals surface area contributed by atoms with Crippen LogP contribution in [0.4, 0.5) is 16.4 Å². The van der Waals surface area contributed by atoms with E-state index in [4.69, 9.17) is 20.6 Å². The van der Waals surface area contributed by atoms with Crippen molar-refractivity contribution in [2.45, 2.75) is 44.6 Å².